The molecule has 2 aromatic carbocycles. The monoisotopic (exact) mass is 399 g/mol. The summed E-state index contributed by atoms with van der Waals surface area (Å²) in [4.78, 5) is 16.5. The van der Waals surface area contributed by atoms with Gasteiger partial charge in [0.05, 0.1) is 18.1 Å². The van der Waals surface area contributed by atoms with Gasteiger partial charge in [0, 0.05) is 19.3 Å². The third-order valence-electron chi connectivity index (χ3n) is 4.16. The highest BCUT2D eigenvalue weighted by atomic mass is 32.2. The Morgan fingerprint density at radius 2 is 1.82 bits per heavy atom. The van der Waals surface area contributed by atoms with Crippen molar-refractivity contribution in [3.05, 3.63) is 82.9 Å². The first-order valence-electron chi connectivity index (χ1n) is 8.90. The molecule has 3 rings (SSSR count). The SMILES string of the molecule is Cc1ccc(Cn2cc(CO)nc2SCC(=O)NCc2ccc(F)cc2)cc1. The number of nitrogens with one attached hydrogen (secondary N) is 1. The van der Waals surface area contributed by atoms with Crippen LogP contribution in [0.4, 0.5) is 4.39 Å². The zero-order valence-corrected chi connectivity index (χ0v) is 16.4. The molecule has 3 aromatic rings. The van der Waals surface area contributed by atoms with E-state index >= 15 is 0 Å². The molecule has 0 atom stereocenters. The van der Waals surface area contributed by atoms with E-state index in [2.05, 4.69) is 34.6 Å². The molecule has 1 aromatic heterocycles. The van der Waals surface area contributed by atoms with Gasteiger partial charge in [-0.3, -0.25) is 4.79 Å². The number of halogens is 1. The van der Waals surface area contributed by atoms with E-state index in [1.807, 2.05) is 11.5 Å². The van der Waals surface area contributed by atoms with E-state index in [4.69, 9.17) is 0 Å². The molecular weight excluding hydrogens is 377 g/mol. The Labute approximate surface area is 167 Å². The van der Waals surface area contributed by atoms with Gasteiger partial charge in [-0.2, -0.15) is 0 Å². The van der Waals surface area contributed by atoms with Crippen molar-refractivity contribution in [2.45, 2.75) is 31.8 Å². The molecule has 1 amide bonds. The van der Waals surface area contributed by atoms with Gasteiger partial charge >= 0.3 is 0 Å². The number of imidazole rings is 1. The van der Waals surface area contributed by atoms with Crippen LogP contribution in [-0.4, -0.2) is 26.3 Å². The molecule has 0 bridgehead atoms. The Balaban J connectivity index is 1.58. The molecule has 0 aliphatic rings. The quantitative estimate of drug-likeness (QED) is 0.571. The predicted molar refractivity (Wildman–Crippen MR) is 107 cm³/mol. The maximum atomic E-state index is 12.9. The lowest BCUT2D eigenvalue weighted by Gasteiger charge is -2.08. The molecule has 7 heteroatoms. The molecule has 0 saturated carbocycles. The summed E-state index contributed by atoms with van der Waals surface area (Å²) in [6.45, 7) is 2.86. The van der Waals surface area contributed by atoms with Gasteiger partial charge in [0.1, 0.15) is 5.82 Å². The third-order valence-corrected chi connectivity index (χ3v) is 5.15. The number of aliphatic hydroxyl groups excluding tert-OH is 1. The van der Waals surface area contributed by atoms with Crippen molar-refractivity contribution in [1.82, 2.24) is 14.9 Å². The normalized spacial score (nSPS) is 10.8. The lowest BCUT2D eigenvalue weighted by atomic mass is 10.1. The smallest absolute Gasteiger partial charge is 0.230 e. The summed E-state index contributed by atoms with van der Waals surface area (Å²) in [5, 5.41) is 12.9. The number of aliphatic hydroxyl groups is 1. The fourth-order valence-electron chi connectivity index (χ4n) is 2.63. The van der Waals surface area contributed by atoms with Gasteiger partial charge in [0.25, 0.3) is 0 Å². The van der Waals surface area contributed by atoms with Crippen molar-refractivity contribution in [3.63, 3.8) is 0 Å². The van der Waals surface area contributed by atoms with E-state index in [1.54, 1.807) is 18.3 Å². The van der Waals surface area contributed by atoms with Crippen LogP contribution >= 0.6 is 11.8 Å². The van der Waals surface area contributed by atoms with Crippen molar-refractivity contribution >= 4 is 17.7 Å². The summed E-state index contributed by atoms with van der Waals surface area (Å²) in [5.74, 6) is -0.229. The average Bonchev–Trinajstić information content (AvgIpc) is 3.09. The predicted octanol–water partition coefficient (Wildman–Crippen LogP) is 3.28. The van der Waals surface area contributed by atoms with Crippen molar-refractivity contribution in [1.29, 1.82) is 0 Å². The standard InChI is InChI=1S/C21H22FN3O2S/c1-15-2-4-17(5-3-15)11-25-12-19(13-26)24-21(25)28-14-20(27)23-10-16-6-8-18(22)9-7-16/h2-9,12,26H,10-11,13-14H2,1H3,(H,23,27). The van der Waals surface area contributed by atoms with Crippen LogP contribution in [0.2, 0.25) is 0 Å². The molecule has 146 valence electrons. The van der Waals surface area contributed by atoms with E-state index in [-0.39, 0.29) is 24.1 Å². The van der Waals surface area contributed by atoms with Crippen LogP contribution in [0.15, 0.2) is 59.9 Å². The number of nitrogens with zero attached hydrogens (tertiary/aromatic N) is 2. The largest absolute Gasteiger partial charge is 0.390 e. The second-order valence-electron chi connectivity index (χ2n) is 6.48. The zero-order chi connectivity index (χ0) is 19.9. The van der Waals surface area contributed by atoms with Crippen molar-refractivity contribution < 1.29 is 14.3 Å². The molecule has 0 fully saturated rings. The number of rotatable bonds is 8. The zero-order valence-electron chi connectivity index (χ0n) is 15.6. The Morgan fingerprint density at radius 1 is 1.14 bits per heavy atom. The first kappa shape index (κ1) is 20.1. The summed E-state index contributed by atoms with van der Waals surface area (Å²) in [7, 11) is 0. The second kappa shape index (κ2) is 9.52. The van der Waals surface area contributed by atoms with Crippen LogP contribution in [0.25, 0.3) is 0 Å². The fraction of sp³-hybridized carbons (Fsp3) is 0.238. The van der Waals surface area contributed by atoms with Crippen LogP contribution in [0.1, 0.15) is 22.4 Å². The van der Waals surface area contributed by atoms with Gasteiger partial charge in [-0.25, -0.2) is 9.37 Å². The van der Waals surface area contributed by atoms with Gasteiger partial charge in [0.15, 0.2) is 5.16 Å². The van der Waals surface area contributed by atoms with Crippen molar-refractivity contribution in [2.75, 3.05) is 5.75 Å². The highest BCUT2D eigenvalue weighted by molar-refractivity contribution is 7.99. The summed E-state index contributed by atoms with van der Waals surface area (Å²) in [6, 6.07) is 14.2. The third kappa shape index (κ3) is 5.68. The van der Waals surface area contributed by atoms with Crippen LogP contribution < -0.4 is 5.32 Å². The average molecular weight is 399 g/mol. The van der Waals surface area contributed by atoms with E-state index in [0.29, 0.717) is 23.9 Å². The second-order valence-corrected chi connectivity index (χ2v) is 7.42. The molecule has 0 radical (unpaired) electrons. The van der Waals surface area contributed by atoms with Gasteiger partial charge in [0.2, 0.25) is 5.91 Å². The topological polar surface area (TPSA) is 67.1 Å². The molecule has 0 unspecified atom stereocenters. The van der Waals surface area contributed by atoms with Gasteiger partial charge < -0.3 is 15.0 Å². The number of thioether (sulfide) groups is 1. The Bertz CT molecular complexity index is 924. The van der Waals surface area contributed by atoms with Crippen molar-refractivity contribution in [3.8, 4) is 0 Å². The highest BCUT2D eigenvalue weighted by Gasteiger charge is 2.11. The summed E-state index contributed by atoms with van der Waals surface area (Å²) < 4.78 is 14.9. The molecule has 1 heterocycles. The van der Waals surface area contributed by atoms with Crippen LogP contribution in [0.3, 0.4) is 0 Å². The number of benzene rings is 2. The number of aromatic nitrogens is 2. The number of aryl methyl sites for hydroxylation is 1. The maximum Gasteiger partial charge on any atom is 0.230 e. The number of carbonyl (C=O) groups is 1. The number of hydrogen-bond donors (Lipinski definition) is 2. The first-order chi connectivity index (χ1) is 13.5. The summed E-state index contributed by atoms with van der Waals surface area (Å²) in [6.07, 6.45) is 1.80. The Morgan fingerprint density at radius 3 is 2.50 bits per heavy atom. The van der Waals surface area contributed by atoms with Gasteiger partial charge in [-0.05, 0) is 30.2 Å². The molecular formula is C21H22FN3O2S. The Kier molecular flexibility index (Phi) is 6.84. The molecule has 0 saturated heterocycles. The van der Waals surface area contributed by atoms with Gasteiger partial charge in [-0.15, -0.1) is 0 Å². The minimum atomic E-state index is -0.300. The molecule has 2 N–H and O–H groups in total. The number of carbonyl (C=O) groups excluding carboxylic acids is 1. The minimum absolute atomic E-state index is 0.134. The number of amides is 1. The molecule has 28 heavy (non-hydrogen) atoms. The Hall–Kier alpha value is -2.64. The lowest BCUT2D eigenvalue weighted by Crippen LogP contribution is -2.24. The first-order valence-corrected chi connectivity index (χ1v) is 9.88. The number of hydrogen-bond acceptors (Lipinski definition) is 4. The van der Waals surface area contributed by atoms with Gasteiger partial charge in [-0.1, -0.05) is 53.7 Å². The van der Waals surface area contributed by atoms with E-state index < -0.39 is 0 Å². The summed E-state index contributed by atoms with van der Waals surface area (Å²) in [5.41, 5.74) is 3.72. The van der Waals surface area contributed by atoms with E-state index in [0.717, 1.165) is 11.1 Å². The fourth-order valence-corrected chi connectivity index (χ4v) is 3.46. The van der Waals surface area contributed by atoms with Crippen LogP contribution in [0, 0.1) is 12.7 Å². The van der Waals surface area contributed by atoms with Crippen LogP contribution in [-0.2, 0) is 24.5 Å². The highest BCUT2D eigenvalue weighted by Crippen LogP contribution is 2.19. The minimum Gasteiger partial charge on any atom is -0.390 e. The molecule has 5 nitrogen and oxygen atoms in total. The maximum absolute atomic E-state index is 12.9. The molecule has 0 spiro atoms. The van der Waals surface area contributed by atoms with E-state index in [1.165, 1.54) is 29.5 Å². The van der Waals surface area contributed by atoms with Crippen LogP contribution in [0.5, 0.6) is 0 Å². The lowest BCUT2D eigenvalue weighted by molar-refractivity contribution is -0.118. The van der Waals surface area contributed by atoms with Crippen molar-refractivity contribution in [2.24, 2.45) is 0 Å². The molecule has 0 aliphatic carbocycles. The summed E-state index contributed by atoms with van der Waals surface area (Å²) >= 11 is 1.32. The molecule has 0 aliphatic heterocycles. The van der Waals surface area contributed by atoms with E-state index in [9.17, 15) is 14.3 Å².